The Morgan fingerprint density at radius 1 is 0.605 bits per heavy atom. The monoisotopic (exact) mass is 558 g/mol. The summed E-state index contributed by atoms with van der Waals surface area (Å²) in [6.45, 7) is 2.06. The van der Waals surface area contributed by atoms with Crippen LogP contribution in [0.5, 0.6) is 0 Å². The number of aryl methyl sites for hydroxylation is 1. The van der Waals surface area contributed by atoms with Crippen molar-refractivity contribution >= 4 is 23.6 Å². The predicted molar refractivity (Wildman–Crippen MR) is 175 cm³/mol. The minimum Gasteiger partial charge on any atom is -0.416 e. The summed E-state index contributed by atoms with van der Waals surface area (Å²) in [4.78, 5) is 0. The van der Waals surface area contributed by atoms with Gasteiger partial charge in [0.2, 0.25) is 11.8 Å². The molecule has 1 aliphatic rings. The van der Waals surface area contributed by atoms with Crippen LogP contribution in [0.4, 0.5) is 5.69 Å². The van der Waals surface area contributed by atoms with Crippen LogP contribution in [0, 0.1) is 6.92 Å². The van der Waals surface area contributed by atoms with E-state index in [1.807, 2.05) is 42.5 Å². The molecule has 0 N–H and O–H groups in total. The van der Waals surface area contributed by atoms with E-state index in [0.717, 1.165) is 40.1 Å². The summed E-state index contributed by atoms with van der Waals surface area (Å²) in [5.74, 6) is 1.03. The third kappa shape index (κ3) is 5.79. The molecule has 7 rings (SSSR count). The van der Waals surface area contributed by atoms with Crippen molar-refractivity contribution in [2.45, 2.75) is 19.4 Å². The predicted octanol–water partition coefficient (Wildman–Crippen LogP) is 9.24. The van der Waals surface area contributed by atoms with Crippen LogP contribution in [0.2, 0.25) is 0 Å². The maximum Gasteiger partial charge on any atom is 0.248 e. The number of rotatable bonds is 7. The van der Waals surface area contributed by atoms with E-state index in [1.165, 1.54) is 16.7 Å². The van der Waals surface area contributed by atoms with Gasteiger partial charge in [0, 0.05) is 17.5 Å². The van der Waals surface area contributed by atoms with Gasteiger partial charge in [-0.05, 0) is 65.6 Å². The molecule has 0 saturated heterocycles. The first kappa shape index (κ1) is 26.4. The molecule has 43 heavy (non-hydrogen) atoms. The van der Waals surface area contributed by atoms with E-state index >= 15 is 0 Å². The first-order valence-corrected chi connectivity index (χ1v) is 14.5. The Balaban J connectivity index is 1.06. The molecule has 1 unspecified atom stereocenters. The van der Waals surface area contributed by atoms with Gasteiger partial charge < -0.3 is 4.42 Å². The van der Waals surface area contributed by atoms with Crippen LogP contribution in [-0.4, -0.2) is 15.9 Å². The fraction of sp³-hybridized carbons (Fsp3) is 0.0789. The fourth-order valence-electron chi connectivity index (χ4n) is 5.31. The summed E-state index contributed by atoms with van der Waals surface area (Å²) >= 11 is 0. The van der Waals surface area contributed by atoms with Gasteiger partial charge in [0.15, 0.2) is 0 Å². The highest BCUT2D eigenvalue weighted by Gasteiger charge is 2.29. The highest BCUT2D eigenvalue weighted by atomic mass is 16.4. The number of hydrogen-bond acceptors (Lipinski definition) is 5. The number of hydrogen-bond donors (Lipinski definition) is 0. The molecule has 6 aromatic rings. The Kier molecular flexibility index (Phi) is 7.20. The second kappa shape index (κ2) is 11.7. The lowest BCUT2D eigenvalue weighted by atomic mass is 9.98. The molecule has 5 nitrogen and oxygen atoms in total. The molecule has 1 aliphatic heterocycles. The van der Waals surface area contributed by atoms with Crippen LogP contribution >= 0.6 is 0 Å². The van der Waals surface area contributed by atoms with E-state index < -0.39 is 0 Å². The molecular formula is C38H30N4O. The van der Waals surface area contributed by atoms with Crippen LogP contribution in [0.1, 0.15) is 40.3 Å². The fourth-order valence-corrected chi connectivity index (χ4v) is 5.31. The second-order valence-electron chi connectivity index (χ2n) is 10.7. The van der Waals surface area contributed by atoms with Crippen molar-refractivity contribution in [3.8, 4) is 22.9 Å². The highest BCUT2D eigenvalue weighted by Crippen LogP contribution is 2.37. The zero-order valence-corrected chi connectivity index (χ0v) is 23.8. The Morgan fingerprint density at radius 3 is 1.74 bits per heavy atom. The number of hydrazone groups is 1. The van der Waals surface area contributed by atoms with E-state index in [4.69, 9.17) is 9.52 Å². The first-order valence-electron chi connectivity index (χ1n) is 14.5. The smallest absolute Gasteiger partial charge is 0.248 e. The average molecular weight is 559 g/mol. The van der Waals surface area contributed by atoms with Crippen molar-refractivity contribution in [2.75, 3.05) is 5.01 Å². The number of benzene rings is 5. The van der Waals surface area contributed by atoms with E-state index in [0.29, 0.717) is 11.8 Å². The van der Waals surface area contributed by atoms with E-state index in [1.54, 1.807) is 0 Å². The quantitative estimate of drug-likeness (QED) is 0.183. The molecule has 1 aromatic heterocycles. The SMILES string of the molecule is Cc1ccc(-c2nnc(-c3ccc(C=Cc4ccc(N5N=C(c6ccccc6)CC5c5ccccc5)cc4)cc3)o2)cc1. The van der Waals surface area contributed by atoms with Crippen molar-refractivity contribution in [3.63, 3.8) is 0 Å². The van der Waals surface area contributed by atoms with Crippen LogP contribution in [-0.2, 0) is 0 Å². The van der Waals surface area contributed by atoms with E-state index in [-0.39, 0.29) is 6.04 Å². The Bertz CT molecular complexity index is 1870. The molecule has 0 saturated carbocycles. The van der Waals surface area contributed by atoms with Crippen molar-refractivity contribution in [1.82, 2.24) is 10.2 Å². The topological polar surface area (TPSA) is 54.5 Å². The molecule has 5 heteroatoms. The van der Waals surface area contributed by atoms with Gasteiger partial charge in [-0.1, -0.05) is 115 Å². The van der Waals surface area contributed by atoms with Gasteiger partial charge in [-0.25, -0.2) is 0 Å². The summed E-state index contributed by atoms with van der Waals surface area (Å²) in [5.41, 5.74) is 9.82. The number of nitrogens with zero attached hydrogens (tertiary/aromatic N) is 4. The van der Waals surface area contributed by atoms with Gasteiger partial charge in [0.1, 0.15) is 0 Å². The average Bonchev–Trinajstić information content (AvgIpc) is 3.75. The van der Waals surface area contributed by atoms with Gasteiger partial charge in [0.05, 0.1) is 17.4 Å². The summed E-state index contributed by atoms with van der Waals surface area (Å²) in [5, 5.41) is 15.7. The van der Waals surface area contributed by atoms with Crippen LogP contribution in [0.3, 0.4) is 0 Å². The van der Waals surface area contributed by atoms with Crippen LogP contribution in [0.25, 0.3) is 35.1 Å². The molecule has 5 aromatic carbocycles. The Hall–Kier alpha value is -5.55. The largest absolute Gasteiger partial charge is 0.416 e. The Labute approximate surface area is 251 Å². The maximum atomic E-state index is 5.93. The molecule has 208 valence electrons. The molecular weight excluding hydrogens is 528 g/mol. The first-order chi connectivity index (χ1) is 21.2. The van der Waals surface area contributed by atoms with E-state index in [9.17, 15) is 0 Å². The molecule has 0 fully saturated rings. The molecule has 0 radical (unpaired) electrons. The van der Waals surface area contributed by atoms with Crippen molar-refractivity contribution in [2.24, 2.45) is 5.10 Å². The van der Waals surface area contributed by atoms with Gasteiger partial charge in [-0.3, -0.25) is 5.01 Å². The molecule has 0 bridgehead atoms. The molecule has 0 aliphatic carbocycles. The lowest BCUT2D eigenvalue weighted by molar-refractivity contribution is 0.584. The minimum atomic E-state index is 0.156. The summed E-state index contributed by atoms with van der Waals surface area (Å²) < 4.78 is 5.93. The molecule has 2 heterocycles. The highest BCUT2D eigenvalue weighted by molar-refractivity contribution is 6.03. The molecule has 0 spiro atoms. The van der Waals surface area contributed by atoms with Crippen LogP contribution in [0.15, 0.2) is 143 Å². The van der Waals surface area contributed by atoms with Crippen molar-refractivity contribution in [3.05, 3.63) is 161 Å². The third-order valence-electron chi connectivity index (χ3n) is 7.71. The molecule has 1 atom stereocenters. The number of anilines is 1. The normalized spacial score (nSPS) is 14.8. The van der Waals surface area contributed by atoms with Gasteiger partial charge in [-0.2, -0.15) is 5.10 Å². The number of aromatic nitrogens is 2. The summed E-state index contributed by atoms with van der Waals surface area (Å²) in [7, 11) is 0. The molecule has 0 amide bonds. The zero-order chi connectivity index (χ0) is 29.0. The standard InChI is InChI=1S/C38H30N4O/c1-27-12-20-32(21-13-27)37-39-40-38(43-37)33-22-16-28(17-23-33)14-15-29-18-24-34(25-19-29)42-36(31-10-6-3-7-11-31)26-35(41-42)30-8-4-2-5-9-30/h2-25,36H,26H2,1H3. The van der Waals surface area contributed by atoms with Crippen molar-refractivity contribution in [1.29, 1.82) is 0 Å². The van der Waals surface area contributed by atoms with Gasteiger partial charge >= 0.3 is 0 Å². The second-order valence-corrected chi connectivity index (χ2v) is 10.7. The summed E-state index contributed by atoms with van der Waals surface area (Å²) in [6.07, 6.45) is 5.10. The zero-order valence-electron chi connectivity index (χ0n) is 23.8. The van der Waals surface area contributed by atoms with Gasteiger partial charge in [-0.15, -0.1) is 10.2 Å². The summed E-state index contributed by atoms with van der Waals surface area (Å²) in [6, 6.07) is 46.0. The lowest BCUT2D eigenvalue weighted by Crippen LogP contribution is -2.18. The van der Waals surface area contributed by atoms with Gasteiger partial charge in [0.25, 0.3) is 0 Å². The third-order valence-corrected chi connectivity index (χ3v) is 7.71. The van der Waals surface area contributed by atoms with E-state index in [2.05, 4.69) is 125 Å². The Morgan fingerprint density at radius 2 is 1.14 bits per heavy atom. The lowest BCUT2D eigenvalue weighted by Gasteiger charge is -2.24. The van der Waals surface area contributed by atoms with Crippen LogP contribution < -0.4 is 5.01 Å². The minimum absolute atomic E-state index is 0.156. The van der Waals surface area contributed by atoms with Crippen molar-refractivity contribution < 1.29 is 4.42 Å². The maximum absolute atomic E-state index is 5.93.